The number of halogens is 3. The Kier molecular flexibility index (Phi) is 6.75. The fourth-order valence-corrected chi connectivity index (χ4v) is 1.80. The van der Waals surface area contributed by atoms with Gasteiger partial charge >= 0.3 is 6.09 Å². The summed E-state index contributed by atoms with van der Waals surface area (Å²) in [6.45, 7) is 3.80. The molecule has 0 aromatic heterocycles. The molecule has 0 radical (unpaired) electrons. The molecule has 88 valence electrons. The summed E-state index contributed by atoms with van der Waals surface area (Å²) in [7, 11) is 1.42. The molecule has 0 rings (SSSR count). The smallest absolute Gasteiger partial charge is 0.298 e. The van der Waals surface area contributed by atoms with E-state index in [9.17, 15) is 4.79 Å². The Morgan fingerprint density at radius 3 is 2.47 bits per heavy atom. The van der Waals surface area contributed by atoms with Crippen molar-refractivity contribution in [3.05, 3.63) is 0 Å². The highest BCUT2D eigenvalue weighted by Crippen LogP contribution is 2.40. The highest BCUT2D eigenvalue weighted by molar-refractivity contribution is 8.03. The first-order chi connectivity index (χ1) is 6.72. The van der Waals surface area contributed by atoms with E-state index in [1.54, 1.807) is 0 Å². The first-order valence-corrected chi connectivity index (χ1v) is 5.87. The number of hydrogen-bond acceptors (Lipinski definition) is 4. The first kappa shape index (κ1) is 15.2. The fraction of sp³-hybridized carbons (Fsp3) is 0.714. The van der Waals surface area contributed by atoms with Crippen molar-refractivity contribution in [3.8, 4) is 0 Å². The highest BCUT2D eigenvalue weighted by atomic mass is 35.6. The molecule has 0 heterocycles. The maximum absolute atomic E-state index is 11.2. The van der Waals surface area contributed by atoms with Crippen molar-refractivity contribution in [2.75, 3.05) is 7.05 Å². The van der Waals surface area contributed by atoms with Gasteiger partial charge in [0.05, 0.1) is 0 Å². The average Bonchev–Trinajstić information content (AvgIpc) is 1.99. The predicted molar refractivity (Wildman–Crippen MR) is 65.5 cm³/mol. The summed E-state index contributed by atoms with van der Waals surface area (Å²) >= 11 is 17.1. The maximum atomic E-state index is 11.2. The van der Waals surface area contributed by atoms with Gasteiger partial charge in [-0.05, 0) is 5.92 Å². The summed E-state index contributed by atoms with van der Waals surface area (Å²) in [5.41, 5.74) is 0. The Morgan fingerprint density at radius 2 is 2.07 bits per heavy atom. The van der Waals surface area contributed by atoms with Crippen molar-refractivity contribution in [2.45, 2.75) is 17.0 Å². The fourth-order valence-electron chi connectivity index (χ4n) is 0.447. The van der Waals surface area contributed by atoms with Crippen molar-refractivity contribution in [2.24, 2.45) is 11.1 Å². The summed E-state index contributed by atoms with van der Waals surface area (Å²) in [6.07, 6.45) is 0.786. The number of nitrogens with zero attached hydrogens (tertiary/aromatic N) is 2. The van der Waals surface area contributed by atoms with Crippen molar-refractivity contribution < 1.29 is 9.63 Å². The molecule has 0 aromatic carbocycles. The quantitative estimate of drug-likeness (QED) is 0.262. The molecule has 15 heavy (non-hydrogen) atoms. The van der Waals surface area contributed by atoms with E-state index in [0.29, 0.717) is 11.9 Å². The molecule has 0 aromatic rings. The number of carbonyl (C=O) groups is 1. The molecule has 0 fully saturated rings. The number of oxime groups is 1. The topological polar surface area (TPSA) is 41.9 Å². The van der Waals surface area contributed by atoms with E-state index in [1.165, 1.54) is 13.3 Å². The molecule has 0 saturated heterocycles. The molecule has 0 bridgehead atoms. The minimum absolute atomic E-state index is 0.198. The number of hydrogen-bond donors (Lipinski definition) is 0. The molecule has 0 aliphatic heterocycles. The van der Waals surface area contributed by atoms with Gasteiger partial charge in [0.25, 0.3) is 3.12 Å². The molecule has 0 aliphatic rings. The van der Waals surface area contributed by atoms with Gasteiger partial charge in [-0.25, -0.2) is 9.10 Å². The second-order valence-corrected chi connectivity index (χ2v) is 7.19. The SMILES string of the molecule is CC(C)C=NOC(=O)N(C)SC(Cl)(Cl)Cl. The minimum atomic E-state index is -1.60. The van der Waals surface area contributed by atoms with Crippen LogP contribution in [0.4, 0.5) is 4.79 Å². The predicted octanol–water partition coefficient (Wildman–Crippen LogP) is 3.67. The van der Waals surface area contributed by atoms with Crippen LogP contribution < -0.4 is 0 Å². The second kappa shape index (κ2) is 6.68. The number of amides is 1. The van der Waals surface area contributed by atoms with Gasteiger partial charge in [-0.2, -0.15) is 0 Å². The third-order valence-corrected chi connectivity index (χ3v) is 2.24. The van der Waals surface area contributed by atoms with Gasteiger partial charge in [-0.1, -0.05) is 53.8 Å². The van der Waals surface area contributed by atoms with Gasteiger partial charge in [0.15, 0.2) is 0 Å². The van der Waals surface area contributed by atoms with Crippen LogP contribution >= 0.6 is 46.8 Å². The standard InChI is InChI=1S/C7H11Cl3N2O2S/c1-5(2)4-11-14-6(13)12(3)15-7(8,9)10/h4-5H,1-3H3. The summed E-state index contributed by atoms with van der Waals surface area (Å²) < 4.78 is -0.555. The Labute approximate surface area is 108 Å². The molecule has 0 aliphatic carbocycles. The summed E-state index contributed by atoms with van der Waals surface area (Å²) in [5, 5.41) is 3.46. The normalized spacial score (nSPS) is 12.2. The lowest BCUT2D eigenvalue weighted by molar-refractivity contribution is 0.137. The Morgan fingerprint density at radius 1 is 1.53 bits per heavy atom. The van der Waals surface area contributed by atoms with Gasteiger partial charge in [0.2, 0.25) is 0 Å². The summed E-state index contributed by atoms with van der Waals surface area (Å²) in [5.74, 6) is 0.198. The van der Waals surface area contributed by atoms with E-state index in [1.807, 2.05) is 13.8 Å². The third kappa shape index (κ3) is 9.11. The Bertz CT molecular complexity index is 243. The van der Waals surface area contributed by atoms with Crippen LogP contribution in [-0.2, 0) is 4.84 Å². The Hall–Kier alpha value is 0.160. The van der Waals surface area contributed by atoms with E-state index in [0.717, 1.165) is 4.31 Å². The molecular weight excluding hydrogens is 283 g/mol. The van der Waals surface area contributed by atoms with E-state index < -0.39 is 9.22 Å². The van der Waals surface area contributed by atoms with Gasteiger partial charge in [0, 0.05) is 25.2 Å². The van der Waals surface area contributed by atoms with E-state index in [2.05, 4.69) is 9.99 Å². The summed E-state index contributed by atoms with van der Waals surface area (Å²) in [6, 6.07) is 0. The lowest BCUT2D eigenvalue weighted by Crippen LogP contribution is -2.22. The van der Waals surface area contributed by atoms with Crippen LogP contribution in [-0.4, -0.2) is 26.8 Å². The molecular formula is C7H11Cl3N2O2S. The number of alkyl halides is 3. The zero-order valence-corrected chi connectivity index (χ0v) is 11.5. The van der Waals surface area contributed by atoms with Crippen LogP contribution in [0.1, 0.15) is 13.8 Å². The van der Waals surface area contributed by atoms with Crippen molar-refractivity contribution in [3.63, 3.8) is 0 Å². The number of rotatable bonds is 3. The van der Waals surface area contributed by atoms with Gasteiger partial charge in [-0.3, -0.25) is 4.84 Å². The first-order valence-electron chi connectivity index (χ1n) is 3.96. The molecule has 4 nitrogen and oxygen atoms in total. The van der Waals surface area contributed by atoms with Crippen LogP contribution in [0.25, 0.3) is 0 Å². The Balaban J connectivity index is 4.00. The van der Waals surface area contributed by atoms with Gasteiger partial charge < -0.3 is 0 Å². The minimum Gasteiger partial charge on any atom is -0.298 e. The zero-order valence-electron chi connectivity index (χ0n) is 8.41. The number of carbonyl (C=O) groups excluding carboxylic acids is 1. The molecule has 1 amide bonds. The second-order valence-electron chi connectivity index (χ2n) is 2.89. The summed E-state index contributed by atoms with van der Waals surface area (Å²) in [4.78, 5) is 15.7. The molecule has 0 saturated carbocycles. The van der Waals surface area contributed by atoms with Crippen LogP contribution in [0, 0.1) is 5.92 Å². The largest absolute Gasteiger partial charge is 0.445 e. The molecule has 0 N–H and O–H groups in total. The van der Waals surface area contributed by atoms with Crippen molar-refractivity contribution in [1.82, 2.24) is 4.31 Å². The third-order valence-electron chi connectivity index (χ3n) is 0.987. The van der Waals surface area contributed by atoms with E-state index in [4.69, 9.17) is 34.8 Å². The molecule has 0 spiro atoms. The van der Waals surface area contributed by atoms with E-state index >= 15 is 0 Å². The zero-order chi connectivity index (χ0) is 12.1. The van der Waals surface area contributed by atoms with Crippen molar-refractivity contribution >= 4 is 59.1 Å². The molecule has 0 atom stereocenters. The van der Waals surface area contributed by atoms with Crippen LogP contribution in [0.2, 0.25) is 0 Å². The highest BCUT2D eigenvalue weighted by Gasteiger charge is 2.27. The van der Waals surface area contributed by atoms with E-state index in [-0.39, 0.29) is 5.92 Å². The average molecular weight is 294 g/mol. The van der Waals surface area contributed by atoms with Crippen LogP contribution in [0.15, 0.2) is 5.16 Å². The molecule has 8 heteroatoms. The monoisotopic (exact) mass is 292 g/mol. The van der Waals surface area contributed by atoms with Gasteiger partial charge in [-0.15, -0.1) is 0 Å². The molecule has 0 unspecified atom stereocenters. The van der Waals surface area contributed by atoms with Crippen molar-refractivity contribution in [1.29, 1.82) is 0 Å². The van der Waals surface area contributed by atoms with Gasteiger partial charge in [0.1, 0.15) is 0 Å². The van der Waals surface area contributed by atoms with Crippen LogP contribution in [0.5, 0.6) is 0 Å². The van der Waals surface area contributed by atoms with Crippen LogP contribution in [0.3, 0.4) is 0 Å². The maximum Gasteiger partial charge on any atom is 0.445 e. The lowest BCUT2D eigenvalue weighted by atomic mass is 10.3. The lowest BCUT2D eigenvalue weighted by Gasteiger charge is -2.17.